The molecule has 2 aromatic carbocycles. The number of aryl methyl sites for hydroxylation is 2. The smallest absolute Gasteiger partial charge is 0.0665 e. The number of unbranched alkanes of at least 4 members (excludes halogenated alkanes) is 24. The molecule has 58 heavy (non-hydrogen) atoms. The van der Waals surface area contributed by atoms with Crippen molar-refractivity contribution >= 4 is 22.8 Å². The summed E-state index contributed by atoms with van der Waals surface area (Å²) in [5, 5.41) is 0. The molecular formula is C56H92N2. The second-order valence-electron chi connectivity index (χ2n) is 17.3. The zero-order valence-corrected chi connectivity index (χ0v) is 38.9. The summed E-state index contributed by atoms with van der Waals surface area (Å²) in [6.45, 7) is 9.20. The molecule has 0 radical (unpaired) electrons. The molecule has 326 valence electrons. The monoisotopic (exact) mass is 793 g/mol. The first kappa shape index (κ1) is 51.4. The van der Waals surface area contributed by atoms with Crippen LogP contribution in [0, 0.1) is 0 Å². The molecule has 2 heteroatoms. The molecule has 0 aliphatic rings. The second kappa shape index (κ2) is 38.5. The average Bonchev–Trinajstić information content (AvgIpc) is 3.24. The quantitative estimate of drug-likeness (QED) is 0.0366. The van der Waals surface area contributed by atoms with Gasteiger partial charge in [0.15, 0.2) is 0 Å². The second-order valence-corrected chi connectivity index (χ2v) is 17.3. The van der Waals surface area contributed by atoms with Gasteiger partial charge in [0.05, 0.1) is 22.8 Å². The van der Waals surface area contributed by atoms with Gasteiger partial charge in [-0.05, 0) is 113 Å². The summed E-state index contributed by atoms with van der Waals surface area (Å²) in [6.07, 6.45) is 53.5. The van der Waals surface area contributed by atoms with E-state index >= 15 is 0 Å². The highest BCUT2D eigenvalue weighted by Crippen LogP contribution is 2.26. The lowest BCUT2D eigenvalue weighted by Crippen LogP contribution is -2.15. The molecule has 0 fully saturated rings. The molecular weight excluding hydrogens is 701 g/mol. The number of benzene rings is 2. The molecule has 0 aromatic heterocycles. The molecule has 0 amide bonds. The van der Waals surface area contributed by atoms with Gasteiger partial charge in [0.25, 0.3) is 0 Å². The third-order valence-corrected chi connectivity index (χ3v) is 11.8. The fourth-order valence-electron chi connectivity index (χ4n) is 7.98. The van der Waals surface area contributed by atoms with Crippen LogP contribution in [0.1, 0.15) is 244 Å². The summed E-state index contributed by atoms with van der Waals surface area (Å²) in [4.78, 5) is 11.0. The summed E-state index contributed by atoms with van der Waals surface area (Å²) >= 11 is 0. The van der Waals surface area contributed by atoms with Crippen molar-refractivity contribution < 1.29 is 0 Å². The molecule has 2 aromatic rings. The highest BCUT2D eigenvalue weighted by atomic mass is 14.8. The van der Waals surface area contributed by atoms with Crippen molar-refractivity contribution in [3.05, 3.63) is 84.0 Å². The van der Waals surface area contributed by atoms with E-state index in [1.54, 1.807) is 0 Å². The minimum Gasteiger partial charge on any atom is -0.251 e. The number of allylic oxidation sites excluding steroid dienone is 4. The van der Waals surface area contributed by atoms with E-state index in [9.17, 15) is 0 Å². The Labute approximate surface area is 361 Å². The average molecular weight is 793 g/mol. The fourth-order valence-corrected chi connectivity index (χ4v) is 7.98. The molecule has 2 rings (SSSR count). The van der Waals surface area contributed by atoms with E-state index in [0.29, 0.717) is 0 Å². The highest BCUT2D eigenvalue weighted by molar-refractivity contribution is 6.43. The van der Waals surface area contributed by atoms with Crippen molar-refractivity contribution in [3.8, 4) is 0 Å². The van der Waals surface area contributed by atoms with Gasteiger partial charge in [-0.2, -0.15) is 0 Å². The molecule has 0 aliphatic heterocycles. The highest BCUT2D eigenvalue weighted by Gasteiger charge is 2.13. The van der Waals surface area contributed by atoms with Gasteiger partial charge in [0.1, 0.15) is 0 Å². The van der Waals surface area contributed by atoms with Gasteiger partial charge in [0, 0.05) is 0 Å². The van der Waals surface area contributed by atoms with Gasteiger partial charge in [0.2, 0.25) is 0 Å². The Morgan fingerprint density at radius 2 is 0.655 bits per heavy atom. The van der Waals surface area contributed by atoms with Crippen molar-refractivity contribution in [1.29, 1.82) is 0 Å². The van der Waals surface area contributed by atoms with E-state index in [1.807, 2.05) is 0 Å². The number of hydrogen-bond acceptors (Lipinski definition) is 2. The summed E-state index contributed by atoms with van der Waals surface area (Å²) in [5.74, 6) is 0. The Hall–Kier alpha value is -2.74. The molecule has 0 saturated heterocycles. The van der Waals surface area contributed by atoms with Crippen LogP contribution in [-0.4, -0.2) is 11.4 Å². The summed E-state index contributed by atoms with van der Waals surface area (Å²) < 4.78 is 0. The lowest BCUT2D eigenvalue weighted by molar-refractivity contribution is 0.566. The van der Waals surface area contributed by atoms with Crippen molar-refractivity contribution in [2.24, 2.45) is 9.98 Å². The lowest BCUT2D eigenvalue weighted by Gasteiger charge is -2.14. The predicted octanol–water partition coefficient (Wildman–Crippen LogP) is 19.3. The third-order valence-electron chi connectivity index (χ3n) is 11.8. The number of para-hydroxylation sites is 2. The van der Waals surface area contributed by atoms with Crippen molar-refractivity contribution in [2.75, 3.05) is 0 Å². The topological polar surface area (TPSA) is 24.7 Å². The van der Waals surface area contributed by atoms with Crippen LogP contribution >= 0.6 is 0 Å². The van der Waals surface area contributed by atoms with Crippen molar-refractivity contribution in [3.63, 3.8) is 0 Å². The Balaban J connectivity index is 2.01. The van der Waals surface area contributed by atoms with Gasteiger partial charge in [-0.3, -0.25) is 9.98 Å². The summed E-state index contributed by atoms with van der Waals surface area (Å²) in [5.41, 5.74) is 7.48. The van der Waals surface area contributed by atoms with Crippen LogP contribution in [0.15, 0.2) is 82.8 Å². The van der Waals surface area contributed by atoms with Crippen LogP contribution in [0.4, 0.5) is 11.4 Å². The van der Waals surface area contributed by atoms with E-state index in [-0.39, 0.29) is 0 Å². The van der Waals surface area contributed by atoms with Gasteiger partial charge < -0.3 is 0 Å². The number of aliphatic imine (C=N–C) groups is 2. The zero-order chi connectivity index (χ0) is 41.4. The maximum Gasteiger partial charge on any atom is 0.0665 e. The van der Waals surface area contributed by atoms with Gasteiger partial charge >= 0.3 is 0 Å². The van der Waals surface area contributed by atoms with Crippen LogP contribution < -0.4 is 0 Å². The van der Waals surface area contributed by atoms with E-state index < -0.39 is 0 Å². The molecule has 0 atom stereocenters. The Bertz CT molecular complexity index is 1350. The Kier molecular flexibility index (Phi) is 34.1. The van der Waals surface area contributed by atoms with Crippen molar-refractivity contribution in [2.45, 2.75) is 246 Å². The van der Waals surface area contributed by atoms with Crippen LogP contribution in [0.25, 0.3) is 0 Å². The normalized spacial score (nSPS) is 12.5. The Morgan fingerprint density at radius 1 is 0.345 bits per heavy atom. The van der Waals surface area contributed by atoms with E-state index in [1.165, 1.54) is 196 Å². The fraction of sp³-hybridized carbons (Fsp3) is 0.679. The van der Waals surface area contributed by atoms with Crippen LogP contribution in [0.5, 0.6) is 0 Å². The van der Waals surface area contributed by atoms with E-state index in [0.717, 1.165) is 56.3 Å². The summed E-state index contributed by atoms with van der Waals surface area (Å²) in [6, 6.07) is 17.8. The van der Waals surface area contributed by atoms with Crippen LogP contribution in [0.3, 0.4) is 0 Å². The van der Waals surface area contributed by atoms with E-state index in [2.05, 4.69) is 101 Å². The van der Waals surface area contributed by atoms with Gasteiger partial charge in [-0.25, -0.2) is 0 Å². The number of nitrogens with zero attached hydrogens (tertiary/aromatic N) is 2. The molecule has 0 spiro atoms. The largest absolute Gasteiger partial charge is 0.251 e. The summed E-state index contributed by atoms with van der Waals surface area (Å²) in [7, 11) is 0. The third kappa shape index (κ3) is 27.1. The maximum absolute atomic E-state index is 5.52. The molecule has 0 unspecified atom stereocenters. The molecule has 0 saturated carbocycles. The van der Waals surface area contributed by atoms with Gasteiger partial charge in [-0.15, -0.1) is 0 Å². The first-order valence-corrected chi connectivity index (χ1v) is 25.3. The minimum atomic E-state index is 0.991. The standard InChI is InChI=1S/C56H92N2/c1-5-9-13-16-18-20-22-24-26-28-30-32-34-36-43-51-45-39-41-48-53(51)57-55(47-12-8-4)56(50-38-15-11-7-3)58-54-49-42-40-46-52(54)44-37-35-33-31-29-27-25-23-21-19-17-14-10-6-2/h30-33,39-42,45-46,48-49H,5-29,34-38,43-44,47,50H2,1-4H3/b32-30+,33-31+,57-55?,58-56?. The number of hydrogen-bond donors (Lipinski definition) is 0. The van der Waals surface area contributed by atoms with Crippen LogP contribution in [-0.2, 0) is 12.8 Å². The first-order valence-electron chi connectivity index (χ1n) is 25.3. The zero-order valence-electron chi connectivity index (χ0n) is 38.9. The maximum atomic E-state index is 5.52. The van der Waals surface area contributed by atoms with Gasteiger partial charge in [-0.1, -0.05) is 217 Å². The minimum absolute atomic E-state index is 0.991. The molecule has 0 bridgehead atoms. The molecule has 0 heterocycles. The van der Waals surface area contributed by atoms with E-state index in [4.69, 9.17) is 9.98 Å². The Morgan fingerprint density at radius 3 is 1.05 bits per heavy atom. The van der Waals surface area contributed by atoms with Crippen LogP contribution in [0.2, 0.25) is 0 Å². The van der Waals surface area contributed by atoms with Crippen molar-refractivity contribution in [1.82, 2.24) is 0 Å². The lowest BCUT2D eigenvalue weighted by atomic mass is 10.0. The first-order chi connectivity index (χ1) is 28.7. The molecule has 0 aliphatic carbocycles. The predicted molar refractivity (Wildman–Crippen MR) is 263 cm³/mol. The molecule has 0 N–H and O–H groups in total. The molecule has 2 nitrogen and oxygen atoms in total. The number of rotatable bonds is 39. The SMILES string of the molecule is CCCCCCCCCCC/C=C/CCCc1ccccc1N=C(CCCC)C(CCCCCC)=Nc1ccccc1CCC/C=C/CCCCCCCCCCC.